The Morgan fingerprint density at radius 3 is 2.40 bits per heavy atom. The lowest BCUT2D eigenvalue weighted by Gasteiger charge is -2.26. The zero-order valence-electron chi connectivity index (χ0n) is 9.63. The van der Waals surface area contributed by atoms with Crippen molar-refractivity contribution in [3.63, 3.8) is 0 Å². The number of halogens is 1. The minimum Gasteiger partial charge on any atom is -0.347 e. The fourth-order valence-electron chi connectivity index (χ4n) is 0.996. The average Bonchev–Trinajstić information content (AvgIpc) is 2.23. The Kier molecular flexibility index (Phi) is 3.85. The standard InChI is InChI=1S/C10H17ClN4/c1-5-10(4,6-11)13-9-12-7(2)8(3)14-15-9/h5-6H2,1-4H3,(H,12,13,15). The molecule has 0 amide bonds. The predicted octanol–water partition coefficient (Wildman–Crippen LogP) is 2.31. The first kappa shape index (κ1) is 12.2. The van der Waals surface area contributed by atoms with Crippen LogP contribution in [0.2, 0.25) is 0 Å². The molecule has 1 aromatic rings. The van der Waals surface area contributed by atoms with Crippen LogP contribution in [-0.2, 0) is 0 Å². The van der Waals surface area contributed by atoms with Gasteiger partial charge in [0.2, 0.25) is 5.95 Å². The third-order valence-corrected chi connectivity index (χ3v) is 3.17. The minimum atomic E-state index is -0.176. The molecular weight excluding hydrogens is 212 g/mol. The Morgan fingerprint density at radius 1 is 1.27 bits per heavy atom. The Hall–Kier alpha value is -0.900. The van der Waals surface area contributed by atoms with Gasteiger partial charge >= 0.3 is 0 Å². The van der Waals surface area contributed by atoms with Crippen LogP contribution < -0.4 is 5.32 Å². The maximum Gasteiger partial charge on any atom is 0.243 e. The zero-order chi connectivity index (χ0) is 11.5. The van der Waals surface area contributed by atoms with E-state index in [1.165, 1.54) is 0 Å². The third kappa shape index (κ3) is 3.02. The Labute approximate surface area is 95.5 Å². The van der Waals surface area contributed by atoms with Crippen LogP contribution >= 0.6 is 11.6 Å². The van der Waals surface area contributed by atoms with Crippen LogP contribution in [0.1, 0.15) is 31.7 Å². The number of nitrogens with zero attached hydrogens (tertiary/aromatic N) is 3. The van der Waals surface area contributed by atoms with Crippen LogP contribution in [0.15, 0.2) is 0 Å². The normalized spacial score (nSPS) is 14.7. The molecule has 4 nitrogen and oxygen atoms in total. The van der Waals surface area contributed by atoms with Crippen molar-refractivity contribution in [1.29, 1.82) is 0 Å². The molecular formula is C10H17ClN4. The number of aryl methyl sites for hydroxylation is 2. The molecule has 84 valence electrons. The van der Waals surface area contributed by atoms with Crippen molar-refractivity contribution in [2.75, 3.05) is 11.2 Å². The highest BCUT2D eigenvalue weighted by Gasteiger charge is 2.21. The summed E-state index contributed by atoms with van der Waals surface area (Å²) in [7, 11) is 0. The van der Waals surface area contributed by atoms with E-state index in [-0.39, 0.29) is 5.54 Å². The Balaban J connectivity index is 2.85. The van der Waals surface area contributed by atoms with Gasteiger partial charge in [-0.2, -0.15) is 5.10 Å². The van der Waals surface area contributed by atoms with E-state index in [0.717, 1.165) is 17.8 Å². The largest absolute Gasteiger partial charge is 0.347 e. The topological polar surface area (TPSA) is 50.7 Å². The van der Waals surface area contributed by atoms with Crippen LogP contribution in [-0.4, -0.2) is 26.6 Å². The molecule has 0 radical (unpaired) electrons. The molecule has 0 bridgehead atoms. The van der Waals surface area contributed by atoms with E-state index in [0.29, 0.717) is 11.8 Å². The Bertz CT molecular complexity index is 336. The molecule has 1 rings (SSSR count). The van der Waals surface area contributed by atoms with Gasteiger partial charge in [0.05, 0.1) is 16.9 Å². The first-order valence-corrected chi connectivity index (χ1v) is 5.56. The Morgan fingerprint density at radius 2 is 1.93 bits per heavy atom. The highest BCUT2D eigenvalue weighted by atomic mass is 35.5. The molecule has 0 saturated carbocycles. The summed E-state index contributed by atoms with van der Waals surface area (Å²) in [5.74, 6) is 1.06. The summed E-state index contributed by atoms with van der Waals surface area (Å²) in [6.45, 7) is 7.92. The average molecular weight is 229 g/mol. The quantitative estimate of drug-likeness (QED) is 0.804. The molecule has 5 heteroatoms. The molecule has 0 saturated heterocycles. The highest BCUT2D eigenvalue weighted by molar-refractivity contribution is 6.18. The molecule has 0 spiro atoms. The van der Waals surface area contributed by atoms with E-state index >= 15 is 0 Å². The number of alkyl halides is 1. The minimum absolute atomic E-state index is 0.176. The molecule has 15 heavy (non-hydrogen) atoms. The van der Waals surface area contributed by atoms with Gasteiger partial charge in [-0.15, -0.1) is 16.7 Å². The van der Waals surface area contributed by atoms with Crippen molar-refractivity contribution in [2.24, 2.45) is 0 Å². The number of nitrogens with one attached hydrogen (secondary N) is 1. The van der Waals surface area contributed by atoms with E-state index in [2.05, 4.69) is 27.4 Å². The van der Waals surface area contributed by atoms with Crippen molar-refractivity contribution in [3.05, 3.63) is 11.4 Å². The number of hydrogen-bond acceptors (Lipinski definition) is 4. The summed E-state index contributed by atoms with van der Waals surface area (Å²) >= 11 is 5.89. The maximum atomic E-state index is 5.89. The molecule has 0 fully saturated rings. The first-order chi connectivity index (χ1) is 7.00. The van der Waals surface area contributed by atoms with Gasteiger partial charge in [-0.05, 0) is 27.2 Å². The molecule has 1 atom stereocenters. The van der Waals surface area contributed by atoms with Crippen molar-refractivity contribution in [2.45, 2.75) is 39.7 Å². The predicted molar refractivity (Wildman–Crippen MR) is 62.3 cm³/mol. The van der Waals surface area contributed by atoms with E-state index in [1.807, 2.05) is 20.8 Å². The lowest BCUT2D eigenvalue weighted by atomic mass is 10.0. The zero-order valence-corrected chi connectivity index (χ0v) is 10.4. The van der Waals surface area contributed by atoms with Crippen LogP contribution in [0.3, 0.4) is 0 Å². The molecule has 1 N–H and O–H groups in total. The van der Waals surface area contributed by atoms with E-state index in [1.54, 1.807) is 0 Å². The van der Waals surface area contributed by atoms with E-state index in [4.69, 9.17) is 11.6 Å². The van der Waals surface area contributed by atoms with Crippen molar-refractivity contribution in [3.8, 4) is 0 Å². The second kappa shape index (κ2) is 4.75. The van der Waals surface area contributed by atoms with Crippen molar-refractivity contribution in [1.82, 2.24) is 15.2 Å². The lowest BCUT2D eigenvalue weighted by molar-refractivity contribution is 0.546. The fraction of sp³-hybridized carbons (Fsp3) is 0.700. The number of rotatable bonds is 4. The summed E-state index contributed by atoms with van der Waals surface area (Å²) < 4.78 is 0. The SMILES string of the molecule is CCC(C)(CCl)Nc1nnc(C)c(C)n1. The second-order valence-corrected chi connectivity index (χ2v) is 4.25. The van der Waals surface area contributed by atoms with Gasteiger partial charge < -0.3 is 5.32 Å². The summed E-state index contributed by atoms with van der Waals surface area (Å²) in [6, 6.07) is 0. The van der Waals surface area contributed by atoms with Gasteiger partial charge in [0, 0.05) is 5.88 Å². The van der Waals surface area contributed by atoms with Gasteiger partial charge in [-0.1, -0.05) is 6.92 Å². The third-order valence-electron chi connectivity index (χ3n) is 2.58. The first-order valence-electron chi connectivity index (χ1n) is 5.03. The molecule has 0 aromatic carbocycles. The monoisotopic (exact) mass is 228 g/mol. The summed E-state index contributed by atoms with van der Waals surface area (Å²) in [5.41, 5.74) is 1.57. The van der Waals surface area contributed by atoms with Crippen molar-refractivity contribution < 1.29 is 0 Å². The number of anilines is 1. The second-order valence-electron chi connectivity index (χ2n) is 3.98. The smallest absolute Gasteiger partial charge is 0.243 e. The van der Waals surface area contributed by atoms with Crippen LogP contribution in [0.5, 0.6) is 0 Å². The molecule has 1 unspecified atom stereocenters. The molecule has 0 aliphatic rings. The van der Waals surface area contributed by atoms with Gasteiger partial charge in [0.25, 0.3) is 0 Å². The number of aromatic nitrogens is 3. The number of hydrogen-bond donors (Lipinski definition) is 1. The molecule has 1 heterocycles. The van der Waals surface area contributed by atoms with Crippen molar-refractivity contribution >= 4 is 17.5 Å². The highest BCUT2D eigenvalue weighted by Crippen LogP contribution is 2.17. The summed E-state index contributed by atoms with van der Waals surface area (Å²) in [4.78, 5) is 4.31. The summed E-state index contributed by atoms with van der Waals surface area (Å²) in [5, 5.41) is 11.2. The molecule has 0 aliphatic carbocycles. The van der Waals surface area contributed by atoms with Crippen LogP contribution in [0.25, 0.3) is 0 Å². The maximum absolute atomic E-state index is 5.89. The molecule has 0 aliphatic heterocycles. The van der Waals surface area contributed by atoms with Crippen LogP contribution in [0, 0.1) is 13.8 Å². The van der Waals surface area contributed by atoms with E-state index in [9.17, 15) is 0 Å². The van der Waals surface area contributed by atoms with Gasteiger partial charge in [0.15, 0.2) is 0 Å². The van der Waals surface area contributed by atoms with Gasteiger partial charge in [0.1, 0.15) is 0 Å². The summed E-state index contributed by atoms with van der Waals surface area (Å²) in [6.07, 6.45) is 0.910. The fourth-order valence-corrected chi connectivity index (χ4v) is 1.25. The van der Waals surface area contributed by atoms with E-state index < -0.39 is 0 Å². The molecule has 1 aromatic heterocycles. The van der Waals surface area contributed by atoms with Gasteiger partial charge in [-0.3, -0.25) is 0 Å². The van der Waals surface area contributed by atoms with Crippen LogP contribution in [0.4, 0.5) is 5.95 Å². The lowest BCUT2D eigenvalue weighted by Crippen LogP contribution is -2.36. The van der Waals surface area contributed by atoms with Gasteiger partial charge in [-0.25, -0.2) is 4.98 Å².